The first-order valence-electron chi connectivity index (χ1n) is 5.07. The number of nitrogens with zero attached hydrogens (tertiary/aromatic N) is 1. The summed E-state index contributed by atoms with van der Waals surface area (Å²) >= 11 is 0. The second-order valence-electron chi connectivity index (χ2n) is 3.99. The highest BCUT2D eigenvalue weighted by atomic mass is 16.5. The first-order chi connectivity index (χ1) is 6.63. The molecule has 4 nitrogen and oxygen atoms in total. The molecule has 1 heterocycles. The van der Waals surface area contributed by atoms with Crippen LogP contribution in [0.5, 0.6) is 0 Å². The number of carbonyl (C=O) groups excluding carboxylic acids is 1. The Hall–Kier alpha value is -0.610. The van der Waals surface area contributed by atoms with Gasteiger partial charge in [-0.1, -0.05) is 0 Å². The van der Waals surface area contributed by atoms with Gasteiger partial charge in [-0.15, -0.1) is 0 Å². The summed E-state index contributed by atoms with van der Waals surface area (Å²) in [7, 11) is 3.42. The molecule has 82 valence electrons. The molecule has 0 bridgehead atoms. The molecule has 14 heavy (non-hydrogen) atoms. The Morgan fingerprint density at radius 2 is 2.14 bits per heavy atom. The molecule has 0 unspecified atom stereocenters. The van der Waals surface area contributed by atoms with Crippen LogP contribution >= 0.6 is 0 Å². The van der Waals surface area contributed by atoms with Crippen LogP contribution in [0.15, 0.2) is 0 Å². The number of carbonyl (C=O) groups is 1. The number of hydrogen-bond donors (Lipinski definition) is 1. The maximum Gasteiger partial charge on any atom is 0.308 e. The summed E-state index contributed by atoms with van der Waals surface area (Å²) in [5.74, 6) is -0.0678. The quantitative estimate of drug-likeness (QED) is 0.665. The molecule has 0 radical (unpaired) electrons. The van der Waals surface area contributed by atoms with Crippen molar-refractivity contribution in [2.75, 3.05) is 27.2 Å². The maximum absolute atomic E-state index is 10.9. The Bertz CT molecular complexity index is 188. The number of likely N-dealkylation sites (tertiary alicyclic amines) is 1. The van der Waals surface area contributed by atoms with Crippen LogP contribution in [0.2, 0.25) is 0 Å². The molecule has 1 rings (SSSR count). The van der Waals surface area contributed by atoms with Gasteiger partial charge in [-0.3, -0.25) is 4.79 Å². The molecular weight excluding hydrogens is 182 g/mol. The third kappa shape index (κ3) is 3.27. The van der Waals surface area contributed by atoms with Crippen molar-refractivity contribution in [1.82, 2.24) is 4.90 Å². The van der Waals surface area contributed by atoms with E-state index >= 15 is 0 Å². The van der Waals surface area contributed by atoms with Crippen molar-refractivity contribution in [2.45, 2.75) is 25.4 Å². The second-order valence-corrected chi connectivity index (χ2v) is 3.99. The van der Waals surface area contributed by atoms with Gasteiger partial charge in [0.15, 0.2) is 0 Å². The van der Waals surface area contributed by atoms with E-state index in [2.05, 4.69) is 16.7 Å². The zero-order valence-corrected chi connectivity index (χ0v) is 8.90. The number of esters is 1. The lowest BCUT2D eigenvalue weighted by Gasteiger charge is -2.31. The Balaban J connectivity index is 2.30. The fourth-order valence-corrected chi connectivity index (χ4v) is 1.83. The smallest absolute Gasteiger partial charge is 0.308 e. The Kier molecular flexibility index (Phi) is 4.35. The second kappa shape index (κ2) is 5.32. The molecule has 0 aromatic rings. The number of piperidine rings is 1. The average molecular weight is 201 g/mol. The molecule has 0 saturated carbocycles. The van der Waals surface area contributed by atoms with Crippen LogP contribution in [0.1, 0.15) is 19.3 Å². The normalized spacial score (nSPS) is 21.9. The van der Waals surface area contributed by atoms with Crippen LogP contribution in [-0.2, 0) is 9.53 Å². The highest BCUT2D eigenvalue weighted by Crippen LogP contribution is 2.21. The lowest BCUT2D eigenvalue weighted by Crippen LogP contribution is -2.36. The Labute approximate surface area is 84.8 Å². The van der Waals surface area contributed by atoms with Crippen molar-refractivity contribution < 1.29 is 14.6 Å². The SMILES string of the molecule is COC(=O)C[C@H](O)C1CCN(C)CC1. The predicted octanol–water partition coefficient (Wildman–Crippen LogP) is 0.252. The fraction of sp³-hybridized carbons (Fsp3) is 0.900. The van der Waals surface area contributed by atoms with Crippen LogP contribution < -0.4 is 0 Å². The molecule has 0 aromatic heterocycles. The highest BCUT2D eigenvalue weighted by molar-refractivity contribution is 5.69. The number of aliphatic hydroxyl groups excluding tert-OH is 1. The number of methoxy groups -OCH3 is 1. The van der Waals surface area contributed by atoms with Gasteiger partial charge in [0.05, 0.1) is 19.6 Å². The Morgan fingerprint density at radius 3 is 2.64 bits per heavy atom. The number of ether oxygens (including phenoxy) is 1. The molecule has 0 aliphatic carbocycles. The average Bonchev–Trinajstić information content (AvgIpc) is 2.18. The van der Waals surface area contributed by atoms with Gasteiger partial charge < -0.3 is 14.7 Å². The summed E-state index contributed by atoms with van der Waals surface area (Å²) in [6, 6.07) is 0. The molecule has 0 aromatic carbocycles. The van der Waals surface area contributed by atoms with Gasteiger partial charge in [-0.25, -0.2) is 0 Å². The molecule has 1 N–H and O–H groups in total. The van der Waals surface area contributed by atoms with Crippen molar-refractivity contribution in [3.05, 3.63) is 0 Å². The predicted molar refractivity (Wildman–Crippen MR) is 52.9 cm³/mol. The lowest BCUT2D eigenvalue weighted by molar-refractivity contribution is -0.143. The van der Waals surface area contributed by atoms with Gasteiger partial charge in [0.1, 0.15) is 0 Å². The van der Waals surface area contributed by atoms with E-state index in [0.29, 0.717) is 0 Å². The minimum atomic E-state index is -0.531. The van der Waals surface area contributed by atoms with Crippen molar-refractivity contribution in [2.24, 2.45) is 5.92 Å². The van der Waals surface area contributed by atoms with E-state index in [9.17, 15) is 9.90 Å². The van der Waals surface area contributed by atoms with Crippen molar-refractivity contribution in [1.29, 1.82) is 0 Å². The summed E-state index contributed by atoms with van der Waals surface area (Å²) in [6.45, 7) is 2.01. The van der Waals surface area contributed by atoms with Crippen molar-refractivity contribution in [3.8, 4) is 0 Å². The van der Waals surface area contributed by atoms with E-state index in [1.165, 1.54) is 7.11 Å². The van der Waals surface area contributed by atoms with Gasteiger partial charge in [-0.2, -0.15) is 0 Å². The van der Waals surface area contributed by atoms with E-state index in [1.54, 1.807) is 0 Å². The van der Waals surface area contributed by atoms with Crippen molar-refractivity contribution in [3.63, 3.8) is 0 Å². The maximum atomic E-state index is 10.9. The van der Waals surface area contributed by atoms with E-state index in [4.69, 9.17) is 0 Å². The first-order valence-corrected chi connectivity index (χ1v) is 5.07. The number of hydrogen-bond acceptors (Lipinski definition) is 4. The Morgan fingerprint density at radius 1 is 1.57 bits per heavy atom. The summed E-state index contributed by atoms with van der Waals surface area (Å²) < 4.78 is 4.52. The zero-order valence-electron chi connectivity index (χ0n) is 8.90. The summed E-state index contributed by atoms with van der Waals surface area (Å²) in [5, 5.41) is 9.74. The van der Waals surface area contributed by atoms with Crippen LogP contribution in [0, 0.1) is 5.92 Å². The molecule has 0 spiro atoms. The van der Waals surface area contributed by atoms with E-state index in [0.717, 1.165) is 25.9 Å². The third-order valence-electron chi connectivity index (χ3n) is 2.91. The van der Waals surface area contributed by atoms with E-state index in [1.807, 2.05) is 0 Å². The number of rotatable bonds is 3. The van der Waals surface area contributed by atoms with Gasteiger partial charge in [0.25, 0.3) is 0 Å². The highest BCUT2D eigenvalue weighted by Gasteiger charge is 2.25. The monoisotopic (exact) mass is 201 g/mol. The van der Waals surface area contributed by atoms with Gasteiger partial charge in [0, 0.05) is 0 Å². The van der Waals surface area contributed by atoms with Crippen LogP contribution in [0.3, 0.4) is 0 Å². The van der Waals surface area contributed by atoms with Gasteiger partial charge in [0.2, 0.25) is 0 Å². The van der Waals surface area contributed by atoms with Crippen LogP contribution in [0.4, 0.5) is 0 Å². The fourth-order valence-electron chi connectivity index (χ4n) is 1.83. The molecule has 0 amide bonds. The minimum Gasteiger partial charge on any atom is -0.469 e. The topological polar surface area (TPSA) is 49.8 Å². The molecule has 1 aliphatic heterocycles. The molecule has 4 heteroatoms. The zero-order chi connectivity index (χ0) is 10.6. The molecule has 1 saturated heterocycles. The lowest BCUT2D eigenvalue weighted by atomic mass is 9.90. The molecule has 1 fully saturated rings. The van der Waals surface area contributed by atoms with Crippen molar-refractivity contribution >= 4 is 5.97 Å². The van der Waals surface area contributed by atoms with Crippen LogP contribution in [-0.4, -0.2) is 49.3 Å². The first kappa shape index (κ1) is 11.5. The van der Waals surface area contributed by atoms with E-state index < -0.39 is 6.10 Å². The molecule has 1 aliphatic rings. The summed E-state index contributed by atoms with van der Waals surface area (Å²) in [5.41, 5.74) is 0. The summed E-state index contributed by atoms with van der Waals surface area (Å²) in [4.78, 5) is 13.2. The molecular formula is C10H19NO3. The van der Waals surface area contributed by atoms with Gasteiger partial charge in [-0.05, 0) is 38.9 Å². The number of aliphatic hydroxyl groups is 1. The van der Waals surface area contributed by atoms with E-state index in [-0.39, 0.29) is 18.3 Å². The van der Waals surface area contributed by atoms with Gasteiger partial charge >= 0.3 is 5.97 Å². The molecule has 1 atom stereocenters. The third-order valence-corrected chi connectivity index (χ3v) is 2.91. The minimum absolute atomic E-state index is 0.130. The van der Waals surface area contributed by atoms with Crippen LogP contribution in [0.25, 0.3) is 0 Å². The standard InChI is InChI=1S/C10H19NO3/c1-11-5-3-8(4-6-11)9(12)7-10(13)14-2/h8-9,12H,3-7H2,1-2H3/t9-/m0/s1. The summed E-state index contributed by atoms with van der Waals surface area (Å²) in [6.07, 6.45) is 1.53. The largest absolute Gasteiger partial charge is 0.469 e.